The molecule has 2 nitrogen and oxygen atoms in total. The zero-order chi connectivity index (χ0) is 12.1. The van der Waals surface area contributed by atoms with Gasteiger partial charge in [-0.15, -0.1) is 0 Å². The lowest BCUT2D eigenvalue weighted by Crippen LogP contribution is -2.43. The van der Waals surface area contributed by atoms with Crippen molar-refractivity contribution < 1.29 is 5.11 Å². The summed E-state index contributed by atoms with van der Waals surface area (Å²) < 4.78 is 1.13. The molecule has 94 valence electrons. The molecule has 0 spiro atoms. The van der Waals surface area contributed by atoms with Crippen LogP contribution in [-0.2, 0) is 6.42 Å². The average molecular weight is 298 g/mol. The van der Waals surface area contributed by atoms with Crippen LogP contribution in [0.4, 0.5) is 0 Å². The molecule has 0 heterocycles. The van der Waals surface area contributed by atoms with Crippen LogP contribution in [0.25, 0.3) is 0 Å². The zero-order valence-electron chi connectivity index (χ0n) is 10.1. The normalized spacial score (nSPS) is 17.8. The van der Waals surface area contributed by atoms with Gasteiger partial charge in [-0.25, -0.2) is 0 Å². The molecule has 1 aromatic rings. The molecule has 3 heteroatoms. The first-order valence-corrected chi connectivity index (χ1v) is 7.09. The second-order valence-corrected chi connectivity index (χ2v) is 5.98. The summed E-state index contributed by atoms with van der Waals surface area (Å²) in [6, 6.07) is 8.46. The fourth-order valence-electron chi connectivity index (χ4n) is 2.30. The van der Waals surface area contributed by atoms with Crippen LogP contribution in [0.15, 0.2) is 28.7 Å². The van der Waals surface area contributed by atoms with E-state index in [1.54, 1.807) is 0 Å². The molecule has 0 unspecified atom stereocenters. The number of hydrogen-bond donors (Lipinski definition) is 2. The van der Waals surface area contributed by atoms with E-state index in [0.717, 1.165) is 24.0 Å². The van der Waals surface area contributed by atoms with Crippen LogP contribution in [-0.4, -0.2) is 24.8 Å². The van der Waals surface area contributed by atoms with Gasteiger partial charge in [0.2, 0.25) is 0 Å². The third kappa shape index (κ3) is 3.54. The monoisotopic (exact) mass is 297 g/mol. The highest BCUT2D eigenvalue weighted by Gasteiger charge is 2.35. The lowest BCUT2D eigenvalue weighted by molar-refractivity contribution is 0.0451. The number of aliphatic hydroxyl groups excluding tert-OH is 1. The summed E-state index contributed by atoms with van der Waals surface area (Å²) in [5.74, 6) is 0. The molecular formula is C14H20BrNO. The maximum atomic E-state index is 9.34. The summed E-state index contributed by atoms with van der Waals surface area (Å²) in [5, 5.41) is 12.8. The molecule has 17 heavy (non-hydrogen) atoms. The van der Waals surface area contributed by atoms with Gasteiger partial charge in [0.25, 0.3) is 0 Å². The third-order valence-corrected chi connectivity index (χ3v) is 4.28. The van der Waals surface area contributed by atoms with Crippen molar-refractivity contribution in [1.82, 2.24) is 5.32 Å². The predicted octanol–water partition coefficient (Wildman–Crippen LogP) is 2.74. The van der Waals surface area contributed by atoms with E-state index in [9.17, 15) is 5.11 Å². The Labute approximate surface area is 112 Å². The molecule has 0 radical (unpaired) electrons. The van der Waals surface area contributed by atoms with Gasteiger partial charge in [-0.1, -0.05) is 34.5 Å². The summed E-state index contributed by atoms with van der Waals surface area (Å²) in [7, 11) is 0. The van der Waals surface area contributed by atoms with Gasteiger partial charge in [0.15, 0.2) is 0 Å². The molecule has 0 saturated heterocycles. The number of aliphatic hydroxyl groups is 1. The Morgan fingerprint density at radius 3 is 2.47 bits per heavy atom. The molecule has 2 N–H and O–H groups in total. The van der Waals surface area contributed by atoms with Crippen LogP contribution in [0.3, 0.4) is 0 Å². The minimum Gasteiger partial charge on any atom is -0.396 e. The van der Waals surface area contributed by atoms with Crippen molar-refractivity contribution in [2.45, 2.75) is 25.7 Å². The van der Waals surface area contributed by atoms with Gasteiger partial charge in [-0.2, -0.15) is 0 Å². The first-order valence-electron chi connectivity index (χ1n) is 6.30. The van der Waals surface area contributed by atoms with Gasteiger partial charge in [0.05, 0.1) is 0 Å². The van der Waals surface area contributed by atoms with Gasteiger partial charge in [-0.05, 0) is 43.5 Å². The van der Waals surface area contributed by atoms with Crippen LogP contribution in [0.2, 0.25) is 0 Å². The van der Waals surface area contributed by atoms with Gasteiger partial charge in [0, 0.05) is 23.0 Å². The quantitative estimate of drug-likeness (QED) is 0.792. The van der Waals surface area contributed by atoms with Crippen molar-refractivity contribution >= 4 is 15.9 Å². The zero-order valence-corrected chi connectivity index (χ0v) is 11.7. The average Bonchev–Trinajstić information content (AvgIpc) is 2.30. The minimum atomic E-state index is 0.194. The van der Waals surface area contributed by atoms with Gasteiger partial charge in [0.1, 0.15) is 0 Å². The Morgan fingerprint density at radius 1 is 1.24 bits per heavy atom. The molecule has 1 aliphatic carbocycles. The Morgan fingerprint density at radius 2 is 1.94 bits per heavy atom. The first-order chi connectivity index (χ1) is 8.24. The fraction of sp³-hybridized carbons (Fsp3) is 0.571. The lowest BCUT2D eigenvalue weighted by Gasteiger charge is -2.40. The fourth-order valence-corrected chi connectivity index (χ4v) is 2.57. The van der Waals surface area contributed by atoms with E-state index in [1.165, 1.54) is 24.8 Å². The summed E-state index contributed by atoms with van der Waals surface area (Å²) in [6.45, 7) is 2.28. The highest BCUT2D eigenvalue weighted by molar-refractivity contribution is 9.10. The predicted molar refractivity (Wildman–Crippen MR) is 74.1 cm³/mol. The van der Waals surface area contributed by atoms with E-state index in [-0.39, 0.29) is 5.41 Å². The first kappa shape index (κ1) is 13.1. The summed E-state index contributed by atoms with van der Waals surface area (Å²) in [6.07, 6.45) is 4.67. The molecule has 0 aromatic heterocycles. The smallest absolute Gasteiger partial charge is 0.0499 e. The molecule has 0 amide bonds. The summed E-state index contributed by atoms with van der Waals surface area (Å²) in [5.41, 5.74) is 1.55. The van der Waals surface area contributed by atoms with E-state index < -0.39 is 0 Å². The second kappa shape index (κ2) is 5.98. The highest BCUT2D eigenvalue weighted by Crippen LogP contribution is 2.39. The number of benzene rings is 1. The van der Waals surface area contributed by atoms with Gasteiger partial charge < -0.3 is 10.4 Å². The standard InChI is InChI=1S/C14H20BrNO/c15-13-4-2-12(3-5-13)6-9-16-10-14(11-17)7-1-8-14/h2-5,16-17H,1,6-11H2. The molecule has 1 fully saturated rings. The van der Waals surface area contributed by atoms with Crippen LogP contribution >= 0.6 is 15.9 Å². The van der Waals surface area contributed by atoms with Gasteiger partial charge >= 0.3 is 0 Å². The summed E-state index contributed by atoms with van der Waals surface area (Å²) in [4.78, 5) is 0. The van der Waals surface area contributed by atoms with Crippen molar-refractivity contribution in [3.8, 4) is 0 Å². The Balaban J connectivity index is 1.67. The molecule has 1 aliphatic rings. The molecule has 2 rings (SSSR count). The summed E-state index contributed by atoms with van der Waals surface area (Å²) >= 11 is 3.44. The van der Waals surface area contributed by atoms with E-state index in [1.807, 2.05) is 0 Å². The van der Waals surface area contributed by atoms with E-state index in [4.69, 9.17) is 0 Å². The second-order valence-electron chi connectivity index (χ2n) is 5.06. The van der Waals surface area contributed by atoms with E-state index >= 15 is 0 Å². The molecule has 1 aromatic carbocycles. The number of halogens is 1. The molecule has 0 bridgehead atoms. The topological polar surface area (TPSA) is 32.3 Å². The van der Waals surface area contributed by atoms with Crippen LogP contribution in [0.1, 0.15) is 24.8 Å². The largest absolute Gasteiger partial charge is 0.396 e. The molecule has 1 saturated carbocycles. The van der Waals surface area contributed by atoms with E-state index in [0.29, 0.717) is 6.61 Å². The Hall–Kier alpha value is -0.380. The van der Waals surface area contributed by atoms with Crippen LogP contribution in [0, 0.1) is 5.41 Å². The highest BCUT2D eigenvalue weighted by atomic mass is 79.9. The molecule has 0 aliphatic heterocycles. The SMILES string of the molecule is OCC1(CNCCc2ccc(Br)cc2)CCC1. The number of hydrogen-bond acceptors (Lipinski definition) is 2. The Kier molecular flexibility index (Phi) is 4.60. The van der Waals surface area contributed by atoms with Crippen molar-refractivity contribution in [3.63, 3.8) is 0 Å². The van der Waals surface area contributed by atoms with Crippen LogP contribution in [0.5, 0.6) is 0 Å². The number of rotatable bonds is 6. The van der Waals surface area contributed by atoms with Crippen molar-refractivity contribution in [2.75, 3.05) is 19.7 Å². The van der Waals surface area contributed by atoms with Crippen molar-refractivity contribution in [3.05, 3.63) is 34.3 Å². The van der Waals surface area contributed by atoms with Gasteiger partial charge in [-0.3, -0.25) is 0 Å². The lowest BCUT2D eigenvalue weighted by atomic mass is 9.69. The van der Waals surface area contributed by atoms with Crippen LogP contribution < -0.4 is 5.32 Å². The molecule has 0 atom stereocenters. The maximum Gasteiger partial charge on any atom is 0.0499 e. The van der Waals surface area contributed by atoms with Crippen molar-refractivity contribution in [1.29, 1.82) is 0 Å². The minimum absolute atomic E-state index is 0.194. The Bertz CT molecular complexity index is 340. The maximum absolute atomic E-state index is 9.34. The number of nitrogens with one attached hydrogen (secondary N) is 1. The molecular weight excluding hydrogens is 278 g/mol. The third-order valence-electron chi connectivity index (χ3n) is 3.75. The van der Waals surface area contributed by atoms with Crippen molar-refractivity contribution in [2.24, 2.45) is 5.41 Å². The van der Waals surface area contributed by atoms with E-state index in [2.05, 4.69) is 45.5 Å².